The van der Waals surface area contributed by atoms with E-state index < -0.39 is 0 Å². The van der Waals surface area contributed by atoms with Crippen molar-refractivity contribution in [2.45, 2.75) is 39.5 Å². The van der Waals surface area contributed by atoms with Gasteiger partial charge in [0.15, 0.2) is 5.65 Å². The van der Waals surface area contributed by atoms with Crippen LogP contribution in [0.1, 0.15) is 37.1 Å². The smallest absolute Gasteiger partial charge is 0.227 e. The molecule has 0 saturated heterocycles. The van der Waals surface area contributed by atoms with Gasteiger partial charge in [-0.2, -0.15) is 9.61 Å². The van der Waals surface area contributed by atoms with Crippen LogP contribution in [0.5, 0.6) is 0 Å². The number of nitrogens with one attached hydrogen (secondary N) is 1. The quantitative estimate of drug-likeness (QED) is 0.668. The first-order valence-electron chi connectivity index (χ1n) is 8.92. The number of nitrogens with zero attached hydrogens (tertiary/aromatic N) is 5. The number of rotatable bonds is 7. The predicted molar refractivity (Wildman–Crippen MR) is 99.1 cm³/mol. The molecule has 1 aliphatic carbocycles. The van der Waals surface area contributed by atoms with Crippen LogP contribution in [-0.4, -0.2) is 50.7 Å². The van der Waals surface area contributed by atoms with Crippen molar-refractivity contribution < 1.29 is 0 Å². The molecule has 4 rings (SSSR count). The Kier molecular flexibility index (Phi) is 4.37. The molecule has 3 heterocycles. The zero-order chi connectivity index (χ0) is 16.5. The largest absolute Gasteiger partial charge is 0.354 e. The molecule has 0 atom stereocenters. The molecule has 24 heavy (non-hydrogen) atoms. The van der Waals surface area contributed by atoms with E-state index in [0.717, 1.165) is 55.4 Å². The van der Waals surface area contributed by atoms with Crippen molar-refractivity contribution in [3.05, 3.63) is 16.8 Å². The van der Waals surface area contributed by atoms with Gasteiger partial charge in [0.05, 0.1) is 5.39 Å². The summed E-state index contributed by atoms with van der Waals surface area (Å²) in [5, 5.41) is 9.08. The maximum Gasteiger partial charge on any atom is 0.227 e. The standard InChI is InChI=1S/C17H24N6S/c1-3-22(4-2)10-6-9-18-17-21-16-14(15-19-11-20-23(15)17)12-7-5-8-13(12)24-16/h11H,3-10H2,1-2H3,(H,18,21). The molecule has 6 nitrogen and oxygen atoms in total. The number of anilines is 1. The summed E-state index contributed by atoms with van der Waals surface area (Å²) in [7, 11) is 0. The van der Waals surface area contributed by atoms with E-state index in [2.05, 4.69) is 34.1 Å². The van der Waals surface area contributed by atoms with E-state index in [0.29, 0.717) is 0 Å². The number of aromatic nitrogens is 4. The fourth-order valence-electron chi connectivity index (χ4n) is 3.57. The molecule has 1 N–H and O–H groups in total. The van der Waals surface area contributed by atoms with Crippen molar-refractivity contribution in [1.82, 2.24) is 24.5 Å². The maximum atomic E-state index is 4.85. The van der Waals surface area contributed by atoms with Gasteiger partial charge in [-0.3, -0.25) is 0 Å². The third-order valence-electron chi connectivity index (χ3n) is 4.91. The zero-order valence-corrected chi connectivity index (χ0v) is 15.2. The Hall–Kier alpha value is -1.73. The first kappa shape index (κ1) is 15.8. The number of fused-ring (bicyclic) bond motifs is 5. The summed E-state index contributed by atoms with van der Waals surface area (Å²) in [5.74, 6) is 0.814. The van der Waals surface area contributed by atoms with E-state index >= 15 is 0 Å². The molecular formula is C17H24N6S. The average molecular weight is 344 g/mol. The monoisotopic (exact) mass is 344 g/mol. The lowest BCUT2D eigenvalue weighted by molar-refractivity contribution is 0.303. The highest BCUT2D eigenvalue weighted by atomic mass is 32.1. The van der Waals surface area contributed by atoms with Gasteiger partial charge >= 0.3 is 0 Å². The Bertz CT molecular complexity index is 848. The molecule has 0 spiro atoms. The van der Waals surface area contributed by atoms with Crippen LogP contribution >= 0.6 is 11.3 Å². The lowest BCUT2D eigenvalue weighted by Gasteiger charge is -2.17. The second-order valence-corrected chi connectivity index (χ2v) is 7.36. The Labute approximate surface area is 145 Å². The molecule has 0 radical (unpaired) electrons. The molecule has 0 saturated carbocycles. The van der Waals surface area contributed by atoms with Crippen LogP contribution in [0, 0.1) is 0 Å². The maximum absolute atomic E-state index is 4.85. The van der Waals surface area contributed by atoms with Crippen LogP contribution in [0.2, 0.25) is 0 Å². The highest BCUT2D eigenvalue weighted by Crippen LogP contribution is 2.38. The van der Waals surface area contributed by atoms with E-state index in [1.165, 1.54) is 28.7 Å². The zero-order valence-electron chi connectivity index (χ0n) is 14.4. The van der Waals surface area contributed by atoms with Crippen LogP contribution in [0.3, 0.4) is 0 Å². The van der Waals surface area contributed by atoms with Gasteiger partial charge in [-0.05, 0) is 50.9 Å². The minimum absolute atomic E-state index is 0.814. The van der Waals surface area contributed by atoms with Crippen molar-refractivity contribution in [1.29, 1.82) is 0 Å². The third kappa shape index (κ3) is 2.65. The topological polar surface area (TPSA) is 58.3 Å². The van der Waals surface area contributed by atoms with Gasteiger partial charge in [0.1, 0.15) is 11.2 Å². The van der Waals surface area contributed by atoms with Crippen LogP contribution in [-0.2, 0) is 12.8 Å². The highest BCUT2D eigenvalue weighted by molar-refractivity contribution is 7.19. The lowest BCUT2D eigenvalue weighted by atomic mass is 10.2. The molecule has 0 unspecified atom stereocenters. The van der Waals surface area contributed by atoms with Gasteiger partial charge in [0.25, 0.3) is 0 Å². The molecule has 3 aromatic heterocycles. The molecule has 0 bridgehead atoms. The molecule has 1 aliphatic rings. The van der Waals surface area contributed by atoms with Crippen molar-refractivity contribution in [3.63, 3.8) is 0 Å². The van der Waals surface area contributed by atoms with Crippen LogP contribution < -0.4 is 5.32 Å². The van der Waals surface area contributed by atoms with Crippen molar-refractivity contribution in [2.24, 2.45) is 0 Å². The Morgan fingerprint density at radius 1 is 1.29 bits per heavy atom. The van der Waals surface area contributed by atoms with Gasteiger partial charge in [-0.1, -0.05) is 13.8 Å². The Morgan fingerprint density at radius 2 is 2.17 bits per heavy atom. The van der Waals surface area contributed by atoms with E-state index in [1.807, 2.05) is 15.9 Å². The number of hydrogen-bond donors (Lipinski definition) is 1. The second-order valence-electron chi connectivity index (χ2n) is 6.28. The van der Waals surface area contributed by atoms with Gasteiger partial charge in [-0.25, -0.2) is 9.97 Å². The SMILES string of the molecule is CCN(CC)CCCNc1nc2sc3c(c2c2ncnn12)CCC3. The van der Waals surface area contributed by atoms with Crippen LogP contribution in [0.4, 0.5) is 5.95 Å². The summed E-state index contributed by atoms with van der Waals surface area (Å²) in [6.45, 7) is 8.64. The molecule has 0 fully saturated rings. The van der Waals surface area contributed by atoms with Crippen molar-refractivity contribution in [3.8, 4) is 0 Å². The van der Waals surface area contributed by atoms with Crippen molar-refractivity contribution >= 4 is 33.1 Å². The first-order valence-corrected chi connectivity index (χ1v) is 9.73. The van der Waals surface area contributed by atoms with Crippen LogP contribution in [0.15, 0.2) is 6.33 Å². The summed E-state index contributed by atoms with van der Waals surface area (Å²) in [6.07, 6.45) is 6.32. The number of aryl methyl sites for hydroxylation is 2. The third-order valence-corrected chi connectivity index (χ3v) is 6.10. The molecule has 128 valence electrons. The number of thiophene rings is 1. The average Bonchev–Trinajstić information content (AvgIpc) is 3.29. The summed E-state index contributed by atoms with van der Waals surface area (Å²) >= 11 is 1.83. The van der Waals surface area contributed by atoms with Gasteiger partial charge in [-0.15, -0.1) is 11.3 Å². The summed E-state index contributed by atoms with van der Waals surface area (Å²) in [5.41, 5.74) is 2.40. The number of hydrogen-bond acceptors (Lipinski definition) is 6. The van der Waals surface area contributed by atoms with Gasteiger partial charge < -0.3 is 10.2 Å². The van der Waals surface area contributed by atoms with E-state index in [4.69, 9.17) is 4.98 Å². The summed E-state index contributed by atoms with van der Waals surface area (Å²) in [6, 6.07) is 0. The predicted octanol–water partition coefficient (Wildman–Crippen LogP) is 2.97. The molecule has 3 aromatic rings. The van der Waals surface area contributed by atoms with Gasteiger partial charge in [0.2, 0.25) is 5.95 Å². The van der Waals surface area contributed by atoms with Gasteiger partial charge in [0, 0.05) is 11.4 Å². The molecule has 7 heteroatoms. The van der Waals surface area contributed by atoms with E-state index in [-0.39, 0.29) is 0 Å². The highest BCUT2D eigenvalue weighted by Gasteiger charge is 2.22. The minimum atomic E-state index is 0.814. The molecule has 0 aromatic carbocycles. The minimum Gasteiger partial charge on any atom is -0.354 e. The van der Waals surface area contributed by atoms with Crippen LogP contribution in [0.25, 0.3) is 15.9 Å². The van der Waals surface area contributed by atoms with E-state index in [9.17, 15) is 0 Å². The fourth-order valence-corrected chi connectivity index (χ4v) is 4.82. The molecule has 0 aliphatic heterocycles. The van der Waals surface area contributed by atoms with E-state index in [1.54, 1.807) is 6.33 Å². The first-order chi connectivity index (χ1) is 11.8. The normalized spacial score (nSPS) is 14.1. The molecular weight excluding hydrogens is 320 g/mol. The summed E-state index contributed by atoms with van der Waals surface area (Å²) < 4.78 is 1.87. The Morgan fingerprint density at radius 3 is 3.00 bits per heavy atom. The second kappa shape index (κ2) is 6.64. The fraction of sp³-hybridized carbons (Fsp3) is 0.588. The Balaban J connectivity index is 1.58. The summed E-state index contributed by atoms with van der Waals surface area (Å²) in [4.78, 5) is 14.4. The molecule has 0 amide bonds. The van der Waals surface area contributed by atoms with Crippen molar-refractivity contribution in [2.75, 3.05) is 31.5 Å². The lowest BCUT2D eigenvalue weighted by Crippen LogP contribution is -2.25.